The summed E-state index contributed by atoms with van der Waals surface area (Å²) in [6, 6.07) is 18.9. The Bertz CT molecular complexity index is 5210. The van der Waals surface area contributed by atoms with E-state index in [-0.39, 0.29) is 17.2 Å². The molecule has 1 saturated carbocycles. The number of likely N-dealkylation sites (tertiary alicyclic amines) is 2. The van der Waals surface area contributed by atoms with Crippen molar-refractivity contribution < 1.29 is 47.8 Å². The Morgan fingerprint density at radius 3 is 1.33 bits per heavy atom. The number of amides is 1. The Hall–Kier alpha value is -11.6. The predicted molar refractivity (Wildman–Crippen MR) is 436 cm³/mol. The molecule has 113 heavy (non-hydrogen) atoms. The molecule has 4 aliphatic rings. The van der Waals surface area contributed by atoms with Gasteiger partial charge >= 0.3 is 0 Å². The first-order valence-electron chi connectivity index (χ1n) is 37.8. The molecule has 1 amide bonds. The lowest BCUT2D eigenvalue weighted by Crippen LogP contribution is -2.48. The Morgan fingerprint density at radius 2 is 0.885 bits per heavy atom. The topological polar surface area (TPSA) is 335 Å². The minimum atomic E-state index is -0.476. The Morgan fingerprint density at radius 1 is 0.478 bits per heavy atom. The van der Waals surface area contributed by atoms with Gasteiger partial charge in [-0.15, -0.1) is 0 Å². The van der Waals surface area contributed by atoms with Crippen LogP contribution in [-0.2, 0) is 25.3 Å². The smallest absolute Gasteiger partial charge is 0.270 e. The van der Waals surface area contributed by atoms with E-state index in [2.05, 4.69) is 101 Å². The molecule has 3 aliphatic heterocycles. The average molecular weight is 1610 g/mol. The number of nitrogen functional groups attached to an aromatic ring is 1. The highest BCUT2D eigenvalue weighted by Crippen LogP contribution is 2.39. The number of hydrogen-bond donors (Lipinski definition) is 6. The Kier molecular flexibility index (Phi) is 26.6. The molecule has 0 atom stereocenters. The summed E-state index contributed by atoms with van der Waals surface area (Å²) >= 11 is 3.30. The van der Waals surface area contributed by atoms with Crippen LogP contribution in [0.2, 0.25) is 0 Å². The number of methoxy groups -OCH3 is 6. The molecular weight excluding hydrogens is 1510 g/mol. The van der Waals surface area contributed by atoms with Gasteiger partial charge < -0.3 is 70.0 Å². The molecule has 1 spiro atoms. The van der Waals surface area contributed by atoms with Crippen molar-refractivity contribution in [3.8, 4) is 51.7 Å². The van der Waals surface area contributed by atoms with Crippen molar-refractivity contribution in [2.24, 2.45) is 0 Å². The predicted octanol–water partition coefficient (Wildman–Crippen LogP) is 11.9. The van der Waals surface area contributed by atoms with Crippen molar-refractivity contribution >= 4 is 67.2 Å². The van der Waals surface area contributed by atoms with Gasteiger partial charge in [0.2, 0.25) is 0 Å². The van der Waals surface area contributed by atoms with Gasteiger partial charge in [0.15, 0.2) is 23.3 Å². The van der Waals surface area contributed by atoms with Crippen LogP contribution in [0.4, 0.5) is 23.3 Å². The van der Waals surface area contributed by atoms with Crippen LogP contribution >= 0.6 is 15.9 Å². The zero-order valence-corrected chi connectivity index (χ0v) is 67.8. The number of rotatable bonds is 23. The van der Waals surface area contributed by atoms with E-state index >= 15 is 0 Å². The van der Waals surface area contributed by atoms with E-state index in [1.165, 1.54) is 82.1 Å². The van der Waals surface area contributed by atoms with E-state index in [0.717, 1.165) is 157 Å². The number of nitrogens with one attached hydrogen (secondary N) is 4. The molecule has 0 bridgehead atoms. The Balaban J connectivity index is 0.000000132. The molecule has 0 unspecified atom stereocenters. The van der Waals surface area contributed by atoms with Crippen LogP contribution in [-0.4, -0.2) is 179 Å². The summed E-state index contributed by atoms with van der Waals surface area (Å²) in [5.74, 6) is 9.03. The second kappa shape index (κ2) is 37.1. The third kappa shape index (κ3) is 18.5. The molecule has 3 aromatic carbocycles. The molecule has 2 saturated heterocycles. The number of aromatic hydroxyl groups is 1. The normalized spacial score (nSPS) is 14.2. The highest BCUT2D eigenvalue weighted by atomic mass is 79.9. The summed E-state index contributed by atoms with van der Waals surface area (Å²) in [4.78, 5) is 46.5. The summed E-state index contributed by atoms with van der Waals surface area (Å²) in [6.45, 7) is 21.6. The molecule has 3 fully saturated rings. The number of ether oxygens (including phenoxy) is 8. The van der Waals surface area contributed by atoms with Crippen LogP contribution in [0.3, 0.4) is 0 Å². The second-order valence-corrected chi connectivity index (χ2v) is 28.9. The zero-order chi connectivity index (χ0) is 79.9. The van der Waals surface area contributed by atoms with E-state index in [0.29, 0.717) is 54.7 Å². The number of hydrogen-bond acceptors (Lipinski definition) is 25. The number of benzene rings is 3. The number of pyridine rings is 1. The maximum Gasteiger partial charge on any atom is 0.270 e. The summed E-state index contributed by atoms with van der Waals surface area (Å²) in [5.41, 5.74) is 18.3. The number of carbonyl (C=O) groups is 1. The van der Waals surface area contributed by atoms with Crippen molar-refractivity contribution in [1.29, 1.82) is 0 Å². The van der Waals surface area contributed by atoms with Crippen molar-refractivity contribution in [3.05, 3.63) is 181 Å². The number of carbonyl (C=O) groups excluding carboxylic acids is 1. The van der Waals surface area contributed by atoms with Gasteiger partial charge in [-0.25, -0.2) is 38.0 Å². The largest absolute Gasteiger partial charge is 0.506 e. The monoisotopic (exact) mass is 1610 g/mol. The molecule has 598 valence electrons. The first kappa shape index (κ1) is 80.9. The van der Waals surface area contributed by atoms with Crippen LogP contribution in [0.15, 0.2) is 120 Å². The third-order valence-electron chi connectivity index (χ3n) is 21.0. The summed E-state index contributed by atoms with van der Waals surface area (Å²) in [6.07, 6.45) is 23.5. The highest BCUT2D eigenvalue weighted by molar-refractivity contribution is 9.10. The number of fused-ring (bicyclic) bond motifs is 6. The molecule has 1 aliphatic carbocycles. The van der Waals surface area contributed by atoms with Gasteiger partial charge in [-0.3, -0.25) is 24.0 Å². The lowest BCUT2D eigenvalue weighted by molar-refractivity contribution is 0.0876. The minimum Gasteiger partial charge on any atom is -0.506 e. The fraction of sp³-hybridized carbons (Fsp3) is 0.407. The fourth-order valence-electron chi connectivity index (χ4n) is 14.7. The third-order valence-corrected chi connectivity index (χ3v) is 21.6. The molecule has 32 heteroatoms. The molecular formula is C81H101BrN20O11. The molecule has 9 aromatic heterocycles. The van der Waals surface area contributed by atoms with E-state index in [1.54, 1.807) is 81.2 Å². The lowest BCUT2D eigenvalue weighted by atomic mass is 9.89. The Labute approximate surface area is 664 Å². The quantitative estimate of drug-likeness (QED) is 0.0346. The van der Waals surface area contributed by atoms with Crippen molar-refractivity contribution in [2.75, 3.05) is 117 Å². The maximum atomic E-state index is 12.4. The SMILES string of the molecule is COc1ccc(CNc2ncnn3cc(C)c(C)c23)c(OC)c1.COc1ccc(CNc2ncnn3cc(O)c(C)c23)c(OC)c1.COc1ccc(CNc2ncnn3cc(OCCN4CCCC4)c(C)c23)c(OC)c1.Cc1c(OCCN2CCCC2)cn2ncnc(N)c12.Cc1cc(Br)c(=O)n2c1C(=O)NC21CCCCC1. The lowest BCUT2D eigenvalue weighted by Gasteiger charge is -2.35. The number of nitrogens with zero attached hydrogens (tertiary/aromatic N) is 15. The molecule has 12 heterocycles. The maximum absolute atomic E-state index is 12.4. The van der Waals surface area contributed by atoms with Crippen LogP contribution in [0.1, 0.15) is 118 Å². The van der Waals surface area contributed by atoms with Crippen LogP contribution in [0.25, 0.3) is 22.1 Å². The van der Waals surface area contributed by atoms with Crippen LogP contribution in [0.5, 0.6) is 51.7 Å². The van der Waals surface area contributed by atoms with Gasteiger partial charge in [0.25, 0.3) is 11.5 Å². The number of aryl methyl sites for hydroxylation is 6. The standard InChI is InChI=1S/C22H29N5O3.C17H20N4O2.C16H18N4O3.C13H15BrN2O2.C13H19N5O/c1-16-20(30-11-10-26-8-4-5-9-26)14-27-21(16)22(24-15-25-27)23-13-17-6-7-18(28-2)12-19(17)29-3;1-11-9-21-16(12(11)2)17(19-10-20-21)18-8-13-5-6-14(22-3)7-15(13)23-4;1-10-13(21)8-20-15(10)16(18-9-19-20)17-7-11-4-5-12(22-2)6-14(11)23-3;1-8-7-9(14)12(18)16-10(8)11(17)15-13(16)5-3-2-4-6-13;1-10-11(19-7-6-17-4-2-3-5-17)8-18-12(10)13(14)15-9-16-18/h6-7,12,14-15H,4-5,8-11,13H2,1-3H3,(H,23,24,25);5-7,9-10H,8H2,1-4H3,(H,18,19,20);4-6,8-9,21H,7H2,1-3H3,(H,17,18,19);7H,2-6H2,1H3,(H,15,17);8-9H,2-7H2,1H3,(H2,14,15,16). The van der Waals surface area contributed by atoms with Gasteiger partial charge in [0, 0.05) is 90.5 Å². The van der Waals surface area contributed by atoms with Gasteiger partial charge in [0.1, 0.15) is 124 Å². The molecule has 12 aromatic rings. The molecule has 31 nitrogen and oxygen atoms in total. The van der Waals surface area contributed by atoms with E-state index in [4.69, 9.17) is 43.6 Å². The minimum absolute atomic E-state index is 0.101. The number of halogens is 1. The first-order valence-corrected chi connectivity index (χ1v) is 38.6. The van der Waals surface area contributed by atoms with Crippen LogP contribution < -0.4 is 70.5 Å². The molecule has 0 radical (unpaired) electrons. The van der Waals surface area contributed by atoms with E-state index in [1.807, 2.05) is 110 Å². The van der Waals surface area contributed by atoms with Gasteiger partial charge in [0.05, 0.1) is 65.7 Å². The first-order chi connectivity index (χ1) is 54.8. The number of nitrogens with two attached hydrogens (primary N) is 1. The van der Waals surface area contributed by atoms with Crippen LogP contribution in [0, 0.1) is 41.5 Å². The van der Waals surface area contributed by atoms with E-state index < -0.39 is 5.66 Å². The summed E-state index contributed by atoms with van der Waals surface area (Å²) < 4.78 is 53.2. The van der Waals surface area contributed by atoms with Crippen molar-refractivity contribution in [3.63, 3.8) is 0 Å². The fourth-order valence-corrected chi connectivity index (χ4v) is 15.3. The average Bonchev–Trinajstić information content (AvgIpc) is 1.58. The van der Waals surface area contributed by atoms with Gasteiger partial charge in [-0.05, 0) is 194 Å². The number of anilines is 4. The van der Waals surface area contributed by atoms with Gasteiger partial charge in [-0.2, -0.15) is 20.4 Å². The van der Waals surface area contributed by atoms with Gasteiger partial charge in [-0.1, -0.05) is 6.42 Å². The molecule has 7 N–H and O–H groups in total. The zero-order valence-electron chi connectivity index (χ0n) is 66.2. The number of aromatic nitrogens is 13. The molecule has 16 rings (SSSR count). The van der Waals surface area contributed by atoms with E-state index in [9.17, 15) is 14.7 Å². The summed E-state index contributed by atoms with van der Waals surface area (Å²) in [5, 5.41) is 39.8. The highest BCUT2D eigenvalue weighted by Gasteiger charge is 2.45. The van der Waals surface area contributed by atoms with Crippen molar-refractivity contribution in [1.82, 2.24) is 78.1 Å². The second-order valence-electron chi connectivity index (χ2n) is 28.1. The summed E-state index contributed by atoms with van der Waals surface area (Å²) in [7, 11) is 9.83. The van der Waals surface area contributed by atoms with Crippen molar-refractivity contribution in [2.45, 2.75) is 125 Å².